The summed E-state index contributed by atoms with van der Waals surface area (Å²) in [5, 5.41) is 0. The van der Waals surface area contributed by atoms with Crippen molar-refractivity contribution in [3.8, 4) is 68.3 Å². The summed E-state index contributed by atoms with van der Waals surface area (Å²) in [5.74, 6) is 3.47. The predicted octanol–water partition coefficient (Wildman–Crippen LogP) is 8.06. The lowest BCUT2D eigenvalue weighted by atomic mass is 10.1. The molecular weight excluding hydrogens is 516 g/mol. The molecule has 6 nitrogen and oxygen atoms in total. The van der Waals surface area contributed by atoms with E-state index >= 15 is 0 Å². The molecule has 7 aromatic rings. The average molecular weight is 541 g/mol. The monoisotopic (exact) mass is 540 g/mol. The van der Waals surface area contributed by atoms with E-state index in [1.807, 2.05) is 146 Å². The summed E-state index contributed by atoms with van der Waals surface area (Å²) in [6.07, 6.45) is 0. The molecule has 6 heteroatoms. The molecular formula is C36H24N6. The smallest absolute Gasteiger partial charge is 0.164 e. The van der Waals surface area contributed by atoms with Gasteiger partial charge in [0.25, 0.3) is 0 Å². The van der Waals surface area contributed by atoms with Crippen molar-refractivity contribution in [3.05, 3.63) is 146 Å². The zero-order valence-corrected chi connectivity index (χ0v) is 22.5. The van der Waals surface area contributed by atoms with Gasteiger partial charge in [-0.1, -0.05) is 146 Å². The average Bonchev–Trinajstić information content (AvgIpc) is 3.09. The van der Waals surface area contributed by atoms with Crippen LogP contribution < -0.4 is 0 Å². The van der Waals surface area contributed by atoms with E-state index in [4.69, 9.17) is 29.9 Å². The van der Waals surface area contributed by atoms with E-state index in [1.165, 1.54) is 0 Å². The Hall–Kier alpha value is -5.88. The fourth-order valence-corrected chi connectivity index (χ4v) is 4.73. The van der Waals surface area contributed by atoms with Crippen LogP contribution in [0.4, 0.5) is 0 Å². The number of nitrogens with zero attached hydrogens (tertiary/aromatic N) is 6. The fourth-order valence-electron chi connectivity index (χ4n) is 4.73. The van der Waals surface area contributed by atoms with Gasteiger partial charge >= 0.3 is 0 Å². The van der Waals surface area contributed by atoms with E-state index < -0.39 is 0 Å². The van der Waals surface area contributed by atoms with Crippen LogP contribution >= 0.6 is 0 Å². The zero-order chi connectivity index (χ0) is 28.1. The van der Waals surface area contributed by atoms with Crippen LogP contribution in [0, 0.1) is 0 Å². The highest BCUT2D eigenvalue weighted by Crippen LogP contribution is 2.32. The minimum atomic E-state index is 0.543. The van der Waals surface area contributed by atoms with Crippen LogP contribution in [-0.2, 0) is 0 Å². The predicted molar refractivity (Wildman–Crippen MR) is 166 cm³/mol. The third-order valence-corrected chi connectivity index (χ3v) is 6.81. The van der Waals surface area contributed by atoms with E-state index in [9.17, 15) is 0 Å². The topological polar surface area (TPSA) is 77.3 Å². The molecule has 0 aliphatic rings. The molecule has 42 heavy (non-hydrogen) atoms. The molecule has 198 valence electrons. The van der Waals surface area contributed by atoms with Crippen molar-refractivity contribution in [2.75, 3.05) is 0 Å². The molecule has 0 aliphatic carbocycles. The van der Waals surface area contributed by atoms with Crippen LogP contribution in [-0.4, -0.2) is 29.9 Å². The molecule has 0 amide bonds. The first-order chi connectivity index (χ1) is 20.8. The number of hydrogen-bond acceptors (Lipinski definition) is 6. The van der Waals surface area contributed by atoms with Crippen molar-refractivity contribution in [1.29, 1.82) is 0 Å². The quantitative estimate of drug-likeness (QED) is 0.212. The first kappa shape index (κ1) is 25.1. The summed E-state index contributed by atoms with van der Waals surface area (Å²) in [6.45, 7) is 0. The van der Waals surface area contributed by atoms with Crippen LogP contribution in [0.3, 0.4) is 0 Å². The van der Waals surface area contributed by atoms with Gasteiger partial charge in [-0.15, -0.1) is 0 Å². The summed E-state index contributed by atoms with van der Waals surface area (Å²) in [5.41, 5.74) is 5.25. The van der Waals surface area contributed by atoms with Gasteiger partial charge in [-0.3, -0.25) is 0 Å². The third-order valence-electron chi connectivity index (χ3n) is 6.81. The second-order valence-corrected chi connectivity index (χ2v) is 9.62. The van der Waals surface area contributed by atoms with Crippen molar-refractivity contribution >= 4 is 0 Å². The van der Waals surface area contributed by atoms with E-state index in [0.717, 1.165) is 33.4 Å². The van der Waals surface area contributed by atoms with Gasteiger partial charge in [-0.05, 0) is 0 Å². The molecule has 0 fully saturated rings. The van der Waals surface area contributed by atoms with Crippen molar-refractivity contribution < 1.29 is 0 Å². The van der Waals surface area contributed by atoms with E-state index in [0.29, 0.717) is 34.9 Å². The molecule has 0 bridgehead atoms. The largest absolute Gasteiger partial charge is 0.208 e. The number of rotatable bonds is 6. The van der Waals surface area contributed by atoms with Crippen LogP contribution in [0.2, 0.25) is 0 Å². The molecule has 0 spiro atoms. The van der Waals surface area contributed by atoms with Gasteiger partial charge in [-0.2, -0.15) is 0 Å². The normalized spacial score (nSPS) is 10.9. The Morgan fingerprint density at radius 2 is 0.429 bits per heavy atom. The van der Waals surface area contributed by atoms with Crippen LogP contribution in [0.15, 0.2) is 146 Å². The summed E-state index contributed by atoms with van der Waals surface area (Å²) in [4.78, 5) is 29.5. The lowest BCUT2D eigenvalue weighted by Crippen LogP contribution is -2.03. The minimum Gasteiger partial charge on any atom is -0.208 e. The van der Waals surface area contributed by atoms with Gasteiger partial charge in [0.05, 0.1) is 0 Å². The SMILES string of the molecule is c1ccc(-c2nc(-c3ccccc3)nc(-c3ccccc3-c3nc(-c4ccccc4)nc(-c4ccccc4)n3)n2)cc1. The van der Waals surface area contributed by atoms with Crippen molar-refractivity contribution in [2.24, 2.45) is 0 Å². The molecule has 0 N–H and O–H groups in total. The Balaban J connectivity index is 1.44. The first-order valence-corrected chi connectivity index (χ1v) is 13.7. The summed E-state index contributed by atoms with van der Waals surface area (Å²) >= 11 is 0. The maximum atomic E-state index is 4.95. The molecule has 0 aliphatic heterocycles. The first-order valence-electron chi connectivity index (χ1n) is 13.7. The molecule has 2 heterocycles. The van der Waals surface area contributed by atoms with Crippen LogP contribution in [0.5, 0.6) is 0 Å². The van der Waals surface area contributed by atoms with Gasteiger partial charge < -0.3 is 0 Å². The lowest BCUT2D eigenvalue weighted by Gasteiger charge is -2.13. The maximum absolute atomic E-state index is 4.95. The molecule has 0 atom stereocenters. The summed E-state index contributed by atoms with van der Waals surface area (Å²) in [7, 11) is 0. The summed E-state index contributed by atoms with van der Waals surface area (Å²) in [6, 6.07) is 47.8. The second kappa shape index (κ2) is 11.3. The van der Waals surface area contributed by atoms with Gasteiger partial charge in [-0.25, -0.2) is 29.9 Å². The molecule has 0 unspecified atom stereocenters. The third kappa shape index (κ3) is 5.17. The Labute approximate surface area is 243 Å². The Bertz CT molecular complexity index is 1700. The standard InChI is InChI=1S/C36H24N6/c1-5-15-25(16-6-1)31-37-32(26-17-7-2-8-18-26)40-35(39-31)29-23-13-14-24-30(29)36-41-33(27-19-9-3-10-20-27)38-34(42-36)28-21-11-4-12-22-28/h1-24H. The highest BCUT2D eigenvalue weighted by atomic mass is 15.1. The van der Waals surface area contributed by atoms with Crippen molar-refractivity contribution in [1.82, 2.24) is 29.9 Å². The number of hydrogen-bond donors (Lipinski definition) is 0. The van der Waals surface area contributed by atoms with E-state index in [1.54, 1.807) is 0 Å². The number of aromatic nitrogens is 6. The lowest BCUT2D eigenvalue weighted by molar-refractivity contribution is 1.06. The van der Waals surface area contributed by atoms with Crippen LogP contribution in [0.1, 0.15) is 0 Å². The molecule has 2 aromatic heterocycles. The highest BCUT2D eigenvalue weighted by Gasteiger charge is 2.19. The van der Waals surface area contributed by atoms with Crippen molar-refractivity contribution in [2.45, 2.75) is 0 Å². The van der Waals surface area contributed by atoms with Crippen molar-refractivity contribution in [3.63, 3.8) is 0 Å². The highest BCUT2D eigenvalue weighted by molar-refractivity contribution is 5.80. The van der Waals surface area contributed by atoms with Crippen LogP contribution in [0.25, 0.3) is 68.3 Å². The zero-order valence-electron chi connectivity index (χ0n) is 22.5. The second-order valence-electron chi connectivity index (χ2n) is 9.62. The fraction of sp³-hybridized carbons (Fsp3) is 0. The Morgan fingerprint density at radius 3 is 0.690 bits per heavy atom. The van der Waals surface area contributed by atoms with Gasteiger partial charge in [0.2, 0.25) is 0 Å². The molecule has 0 saturated carbocycles. The van der Waals surface area contributed by atoms with Gasteiger partial charge in [0.1, 0.15) is 0 Å². The maximum Gasteiger partial charge on any atom is 0.164 e. The molecule has 7 rings (SSSR count). The number of benzene rings is 5. The molecule has 0 saturated heterocycles. The van der Waals surface area contributed by atoms with E-state index in [2.05, 4.69) is 0 Å². The minimum absolute atomic E-state index is 0.543. The molecule has 0 radical (unpaired) electrons. The van der Waals surface area contributed by atoms with Gasteiger partial charge in [0, 0.05) is 33.4 Å². The summed E-state index contributed by atoms with van der Waals surface area (Å²) < 4.78 is 0. The Morgan fingerprint density at radius 1 is 0.214 bits per heavy atom. The Kier molecular flexibility index (Phi) is 6.76. The van der Waals surface area contributed by atoms with Gasteiger partial charge in [0.15, 0.2) is 34.9 Å². The molecule has 5 aromatic carbocycles. The van der Waals surface area contributed by atoms with E-state index in [-0.39, 0.29) is 0 Å².